The van der Waals surface area contributed by atoms with E-state index in [0.717, 1.165) is 12.1 Å². The Balaban J connectivity index is 1.93. The highest BCUT2D eigenvalue weighted by molar-refractivity contribution is 5.86. The molecule has 0 bridgehead atoms. The van der Waals surface area contributed by atoms with Crippen LogP contribution < -0.4 is 10.8 Å². The van der Waals surface area contributed by atoms with Gasteiger partial charge < -0.3 is 19.8 Å². The molecule has 2 rings (SSSR count). The highest BCUT2D eigenvalue weighted by Gasteiger charge is 2.30. The van der Waals surface area contributed by atoms with Crippen molar-refractivity contribution in [3.63, 3.8) is 0 Å². The molecule has 0 radical (unpaired) electrons. The van der Waals surface area contributed by atoms with Crippen LogP contribution in [0.4, 0.5) is 4.79 Å². The first kappa shape index (κ1) is 22.7. The lowest BCUT2D eigenvalue weighted by molar-refractivity contribution is -0.162. The predicted octanol–water partition coefficient (Wildman–Crippen LogP) is 2.04. The van der Waals surface area contributed by atoms with E-state index in [9.17, 15) is 14.4 Å². The third kappa shape index (κ3) is 8.11. The van der Waals surface area contributed by atoms with Gasteiger partial charge in [-0.05, 0) is 59.2 Å². The Morgan fingerprint density at radius 1 is 1.21 bits per heavy atom. The molecule has 0 aromatic heterocycles. The van der Waals surface area contributed by atoms with Crippen LogP contribution in [0.5, 0.6) is 0 Å². The molecule has 2 amide bonds. The first-order valence-electron chi connectivity index (χ1n) is 9.86. The van der Waals surface area contributed by atoms with E-state index in [1.54, 1.807) is 20.8 Å². The monoisotopic (exact) mass is 405 g/mol. The van der Waals surface area contributed by atoms with Gasteiger partial charge in [-0.3, -0.25) is 4.79 Å². The number of ether oxygens (including phenoxy) is 1. The third-order valence-corrected chi connectivity index (χ3v) is 4.55. The lowest BCUT2D eigenvalue weighted by atomic mass is 10.0. The molecule has 1 saturated heterocycles. The fourth-order valence-corrected chi connectivity index (χ4v) is 3.06. The Bertz CT molecular complexity index is 702. The quantitative estimate of drug-likeness (QED) is 0.703. The van der Waals surface area contributed by atoms with Crippen molar-refractivity contribution in [1.29, 1.82) is 0 Å². The molecule has 1 fully saturated rings. The van der Waals surface area contributed by atoms with Gasteiger partial charge in [0, 0.05) is 6.54 Å². The van der Waals surface area contributed by atoms with Gasteiger partial charge in [0.05, 0.1) is 5.92 Å². The molecule has 2 N–H and O–H groups in total. The molecule has 0 spiro atoms. The summed E-state index contributed by atoms with van der Waals surface area (Å²) in [5.41, 5.74) is 2.54. The van der Waals surface area contributed by atoms with Crippen molar-refractivity contribution in [2.75, 3.05) is 20.1 Å². The molecule has 1 aliphatic rings. The SMILES string of the molecule is CN1CCC(C(=O)ONC(=O)[C@@H](CCc2ccccc2)NC(=O)OC(C)(C)C)C1. The molecule has 1 unspecified atom stereocenters. The summed E-state index contributed by atoms with van der Waals surface area (Å²) >= 11 is 0. The Hall–Kier alpha value is -2.61. The summed E-state index contributed by atoms with van der Waals surface area (Å²) in [6.07, 6.45) is 0.891. The van der Waals surface area contributed by atoms with Crippen LogP contribution in [0, 0.1) is 5.92 Å². The largest absolute Gasteiger partial charge is 0.444 e. The normalized spacial score (nSPS) is 18.0. The van der Waals surface area contributed by atoms with E-state index < -0.39 is 29.6 Å². The fraction of sp³-hybridized carbons (Fsp3) is 0.571. The van der Waals surface area contributed by atoms with Crippen LogP contribution in [0.2, 0.25) is 0 Å². The maximum atomic E-state index is 12.6. The predicted molar refractivity (Wildman–Crippen MR) is 108 cm³/mol. The average Bonchev–Trinajstić information content (AvgIpc) is 3.08. The molecular formula is C21H31N3O5. The zero-order chi connectivity index (χ0) is 21.4. The molecular weight excluding hydrogens is 374 g/mol. The summed E-state index contributed by atoms with van der Waals surface area (Å²) in [5, 5.41) is 2.57. The number of amides is 2. The van der Waals surface area contributed by atoms with Gasteiger partial charge in [-0.15, -0.1) is 0 Å². The summed E-state index contributed by atoms with van der Waals surface area (Å²) < 4.78 is 5.25. The summed E-state index contributed by atoms with van der Waals surface area (Å²) in [5.74, 6) is -1.32. The number of carbonyl (C=O) groups is 3. The number of benzene rings is 1. The number of aryl methyl sites for hydroxylation is 1. The summed E-state index contributed by atoms with van der Waals surface area (Å²) in [6.45, 7) is 6.64. The molecule has 1 aliphatic heterocycles. The molecule has 160 valence electrons. The Morgan fingerprint density at radius 2 is 1.90 bits per heavy atom. The fourth-order valence-electron chi connectivity index (χ4n) is 3.06. The second kappa shape index (κ2) is 10.2. The lowest BCUT2D eigenvalue weighted by Crippen LogP contribution is -2.49. The minimum absolute atomic E-state index is 0.262. The zero-order valence-electron chi connectivity index (χ0n) is 17.6. The Labute approximate surface area is 171 Å². The van der Waals surface area contributed by atoms with E-state index >= 15 is 0 Å². The van der Waals surface area contributed by atoms with Crippen LogP contribution >= 0.6 is 0 Å². The summed E-state index contributed by atoms with van der Waals surface area (Å²) in [7, 11) is 1.93. The molecule has 1 heterocycles. The van der Waals surface area contributed by atoms with Crippen molar-refractivity contribution in [1.82, 2.24) is 15.7 Å². The van der Waals surface area contributed by atoms with Crippen molar-refractivity contribution >= 4 is 18.0 Å². The second-order valence-electron chi connectivity index (χ2n) is 8.36. The van der Waals surface area contributed by atoms with Crippen molar-refractivity contribution < 1.29 is 24.0 Å². The highest BCUT2D eigenvalue weighted by atomic mass is 16.7. The lowest BCUT2D eigenvalue weighted by Gasteiger charge is -2.23. The van der Waals surface area contributed by atoms with E-state index in [1.807, 2.05) is 42.3 Å². The van der Waals surface area contributed by atoms with Crippen LogP contribution in [0.1, 0.15) is 39.2 Å². The average molecular weight is 405 g/mol. The Kier molecular flexibility index (Phi) is 8.01. The van der Waals surface area contributed by atoms with Gasteiger partial charge in [0.1, 0.15) is 11.6 Å². The molecule has 8 nitrogen and oxygen atoms in total. The standard InChI is InChI=1S/C21H31N3O5/c1-21(2,3)28-20(27)22-17(11-10-15-8-6-5-7-9-15)18(25)23-29-19(26)16-12-13-24(4)14-16/h5-9,16-17H,10-14H2,1-4H3,(H,22,27)(H,23,25)/t16?,17-/m1/s1. The van der Waals surface area contributed by atoms with Crippen molar-refractivity contribution in [2.45, 2.75) is 51.7 Å². The number of nitrogens with zero attached hydrogens (tertiary/aromatic N) is 1. The number of hydrogen-bond acceptors (Lipinski definition) is 6. The number of nitrogens with one attached hydrogen (secondary N) is 2. The summed E-state index contributed by atoms with van der Waals surface area (Å²) in [6, 6.07) is 8.71. The molecule has 1 aromatic rings. The van der Waals surface area contributed by atoms with Crippen LogP contribution in [-0.2, 0) is 25.6 Å². The maximum Gasteiger partial charge on any atom is 0.408 e. The molecule has 0 saturated carbocycles. The van der Waals surface area contributed by atoms with Crippen molar-refractivity contribution in [3.05, 3.63) is 35.9 Å². The number of carbonyl (C=O) groups excluding carboxylic acids is 3. The number of alkyl carbamates (subject to hydrolysis) is 1. The van der Waals surface area contributed by atoms with Gasteiger partial charge in [0.15, 0.2) is 0 Å². The van der Waals surface area contributed by atoms with Crippen LogP contribution in [0.3, 0.4) is 0 Å². The number of hydrogen-bond donors (Lipinski definition) is 2. The van der Waals surface area contributed by atoms with Crippen molar-refractivity contribution in [2.24, 2.45) is 5.92 Å². The third-order valence-electron chi connectivity index (χ3n) is 4.55. The molecule has 2 atom stereocenters. The van der Waals surface area contributed by atoms with E-state index in [2.05, 4.69) is 10.8 Å². The topological polar surface area (TPSA) is 97.0 Å². The van der Waals surface area contributed by atoms with Crippen molar-refractivity contribution in [3.8, 4) is 0 Å². The van der Waals surface area contributed by atoms with E-state index in [-0.39, 0.29) is 5.92 Å². The first-order valence-corrected chi connectivity index (χ1v) is 9.86. The van der Waals surface area contributed by atoms with Crippen LogP contribution in [0.15, 0.2) is 30.3 Å². The van der Waals surface area contributed by atoms with Gasteiger partial charge in [-0.25, -0.2) is 9.59 Å². The van der Waals surface area contributed by atoms with Gasteiger partial charge >= 0.3 is 12.1 Å². The minimum Gasteiger partial charge on any atom is -0.444 e. The maximum absolute atomic E-state index is 12.6. The molecule has 29 heavy (non-hydrogen) atoms. The van der Waals surface area contributed by atoms with Crippen LogP contribution in [0.25, 0.3) is 0 Å². The minimum atomic E-state index is -0.899. The van der Waals surface area contributed by atoms with E-state index in [1.165, 1.54) is 0 Å². The van der Waals surface area contributed by atoms with E-state index in [4.69, 9.17) is 9.57 Å². The van der Waals surface area contributed by atoms with Gasteiger partial charge in [-0.2, -0.15) is 5.48 Å². The summed E-state index contributed by atoms with van der Waals surface area (Å²) in [4.78, 5) is 43.9. The van der Waals surface area contributed by atoms with Gasteiger partial charge in [0.25, 0.3) is 5.91 Å². The van der Waals surface area contributed by atoms with Gasteiger partial charge in [0.2, 0.25) is 0 Å². The molecule has 1 aromatic carbocycles. The first-order chi connectivity index (χ1) is 13.6. The smallest absolute Gasteiger partial charge is 0.408 e. The number of hydroxylamine groups is 1. The molecule has 0 aliphatic carbocycles. The molecule has 8 heteroatoms. The highest BCUT2D eigenvalue weighted by Crippen LogP contribution is 2.15. The second-order valence-corrected chi connectivity index (χ2v) is 8.36. The van der Waals surface area contributed by atoms with Gasteiger partial charge in [-0.1, -0.05) is 30.3 Å². The number of likely N-dealkylation sites (tertiary alicyclic amines) is 1. The zero-order valence-corrected chi connectivity index (χ0v) is 17.6. The van der Waals surface area contributed by atoms with E-state index in [0.29, 0.717) is 25.8 Å². The van der Waals surface area contributed by atoms with Crippen LogP contribution in [-0.4, -0.2) is 54.6 Å². The number of rotatable bonds is 6. The Morgan fingerprint density at radius 3 is 2.48 bits per heavy atom.